The minimum Gasteiger partial charge on any atom is -0.309 e. The molecule has 0 saturated heterocycles. The second-order valence-corrected chi connectivity index (χ2v) is 5.84. The molecule has 0 unspecified atom stereocenters. The summed E-state index contributed by atoms with van der Waals surface area (Å²) in [5.41, 5.74) is 0.677. The van der Waals surface area contributed by atoms with Crippen LogP contribution in [-0.2, 0) is 17.4 Å². The third kappa shape index (κ3) is 4.03. The summed E-state index contributed by atoms with van der Waals surface area (Å²) in [4.78, 5) is 20.4. The van der Waals surface area contributed by atoms with Crippen LogP contribution < -0.4 is 5.32 Å². The second kappa shape index (κ2) is 6.43. The Labute approximate surface area is 129 Å². The van der Waals surface area contributed by atoms with Gasteiger partial charge in [0.15, 0.2) is 0 Å². The van der Waals surface area contributed by atoms with E-state index in [2.05, 4.69) is 15.3 Å². The molecule has 22 heavy (non-hydrogen) atoms. The largest absolute Gasteiger partial charge is 0.433 e. The van der Waals surface area contributed by atoms with Crippen molar-refractivity contribution in [2.24, 2.45) is 0 Å². The van der Waals surface area contributed by atoms with Crippen LogP contribution in [0.25, 0.3) is 0 Å². The Hall–Kier alpha value is -1.96. The van der Waals surface area contributed by atoms with Crippen molar-refractivity contribution in [2.45, 2.75) is 32.4 Å². The van der Waals surface area contributed by atoms with Crippen LogP contribution in [0.15, 0.2) is 23.7 Å². The van der Waals surface area contributed by atoms with Gasteiger partial charge in [-0.05, 0) is 18.1 Å². The van der Waals surface area contributed by atoms with Gasteiger partial charge in [-0.3, -0.25) is 4.79 Å². The molecule has 0 spiro atoms. The fraction of sp³-hybridized carbons (Fsp3) is 0.357. The molecule has 0 atom stereocenters. The first kappa shape index (κ1) is 16.4. The molecule has 8 heteroatoms. The van der Waals surface area contributed by atoms with Crippen molar-refractivity contribution >= 4 is 23.1 Å². The van der Waals surface area contributed by atoms with Crippen molar-refractivity contribution in [1.29, 1.82) is 0 Å². The van der Waals surface area contributed by atoms with Crippen LogP contribution in [-0.4, -0.2) is 15.9 Å². The van der Waals surface area contributed by atoms with Gasteiger partial charge < -0.3 is 5.32 Å². The number of anilines is 1. The van der Waals surface area contributed by atoms with E-state index < -0.39 is 17.8 Å². The number of carbonyl (C=O) groups excluding carboxylic acids is 1. The van der Waals surface area contributed by atoms with Crippen LogP contribution in [0.3, 0.4) is 0 Å². The highest BCUT2D eigenvalue weighted by molar-refractivity contribution is 7.10. The maximum Gasteiger partial charge on any atom is 0.433 e. The molecule has 0 radical (unpaired) electrons. The molecule has 0 bridgehead atoms. The monoisotopic (exact) mass is 329 g/mol. The molecular weight excluding hydrogens is 315 g/mol. The van der Waals surface area contributed by atoms with Gasteiger partial charge in [0, 0.05) is 0 Å². The number of pyridine rings is 1. The Kier molecular flexibility index (Phi) is 4.80. The van der Waals surface area contributed by atoms with Gasteiger partial charge in [-0.2, -0.15) is 13.2 Å². The lowest BCUT2D eigenvalue weighted by molar-refractivity contribution is -0.141. The Morgan fingerprint density at radius 2 is 2.09 bits per heavy atom. The van der Waals surface area contributed by atoms with Crippen LogP contribution >= 0.6 is 11.3 Å². The molecule has 4 nitrogen and oxygen atoms in total. The van der Waals surface area contributed by atoms with E-state index in [9.17, 15) is 18.0 Å². The number of rotatable bonds is 4. The maximum atomic E-state index is 12.6. The summed E-state index contributed by atoms with van der Waals surface area (Å²) >= 11 is 1.42. The Balaban J connectivity index is 2.08. The number of hydrogen-bond donors (Lipinski definition) is 1. The summed E-state index contributed by atoms with van der Waals surface area (Å²) in [5.74, 6) is 0.214. The third-order valence-corrected chi connectivity index (χ3v) is 3.95. The zero-order valence-electron chi connectivity index (χ0n) is 11.9. The third-order valence-electron chi connectivity index (χ3n) is 2.82. The number of thiazole rings is 1. The van der Waals surface area contributed by atoms with Crippen molar-refractivity contribution in [3.05, 3.63) is 40.0 Å². The molecule has 2 heterocycles. The van der Waals surface area contributed by atoms with Gasteiger partial charge in [-0.25, -0.2) is 9.97 Å². The van der Waals surface area contributed by atoms with Crippen LogP contribution in [0, 0.1) is 0 Å². The van der Waals surface area contributed by atoms with Crippen molar-refractivity contribution in [1.82, 2.24) is 9.97 Å². The van der Waals surface area contributed by atoms with Crippen LogP contribution in [0.4, 0.5) is 19.0 Å². The highest BCUT2D eigenvalue weighted by Gasteiger charge is 2.32. The average molecular weight is 329 g/mol. The number of nitrogens with one attached hydrogen (secondary N) is 1. The first-order valence-electron chi connectivity index (χ1n) is 6.53. The van der Waals surface area contributed by atoms with E-state index in [4.69, 9.17) is 0 Å². The van der Waals surface area contributed by atoms with Crippen LogP contribution in [0.1, 0.15) is 36.0 Å². The quantitative estimate of drug-likeness (QED) is 0.926. The SMILES string of the molecule is CC(C)c1scnc1NC(=O)Cc1cccc(C(F)(F)F)n1. The second-order valence-electron chi connectivity index (χ2n) is 4.96. The van der Waals surface area contributed by atoms with E-state index in [1.165, 1.54) is 23.5 Å². The molecular formula is C14H14F3N3OS. The number of aromatic nitrogens is 2. The molecule has 2 rings (SSSR count). The van der Waals surface area contributed by atoms with Gasteiger partial charge in [-0.15, -0.1) is 11.3 Å². The van der Waals surface area contributed by atoms with Crippen molar-refractivity contribution in [3.63, 3.8) is 0 Å². The number of nitrogens with zero attached hydrogens (tertiary/aromatic N) is 2. The molecule has 0 aliphatic rings. The first-order chi connectivity index (χ1) is 10.3. The smallest absolute Gasteiger partial charge is 0.309 e. The molecule has 0 aliphatic heterocycles. The van der Waals surface area contributed by atoms with Gasteiger partial charge in [0.05, 0.1) is 22.5 Å². The minimum absolute atomic E-state index is 0.0636. The number of hydrogen-bond acceptors (Lipinski definition) is 4. The lowest BCUT2D eigenvalue weighted by Gasteiger charge is -2.09. The fourth-order valence-electron chi connectivity index (χ4n) is 1.84. The molecule has 1 N–H and O–H groups in total. The molecule has 0 aromatic carbocycles. The molecule has 1 amide bonds. The highest BCUT2D eigenvalue weighted by Crippen LogP contribution is 2.28. The fourth-order valence-corrected chi connectivity index (χ4v) is 2.59. The van der Waals surface area contributed by atoms with Gasteiger partial charge in [0.25, 0.3) is 0 Å². The Morgan fingerprint density at radius 3 is 2.73 bits per heavy atom. The summed E-state index contributed by atoms with van der Waals surface area (Å²) in [6, 6.07) is 3.50. The molecule has 2 aromatic heterocycles. The summed E-state index contributed by atoms with van der Waals surface area (Å²) in [6.07, 6.45) is -4.76. The molecule has 0 saturated carbocycles. The number of halogens is 3. The minimum atomic E-state index is -4.52. The normalized spacial score (nSPS) is 11.7. The predicted octanol–water partition coefficient (Wildman–Crippen LogP) is 3.86. The predicted molar refractivity (Wildman–Crippen MR) is 77.8 cm³/mol. The molecule has 0 fully saturated rings. The van der Waals surface area contributed by atoms with Crippen molar-refractivity contribution < 1.29 is 18.0 Å². The maximum absolute atomic E-state index is 12.6. The number of carbonyl (C=O) groups is 1. The van der Waals surface area contributed by atoms with E-state index in [1.54, 1.807) is 5.51 Å². The Morgan fingerprint density at radius 1 is 1.36 bits per heavy atom. The molecule has 118 valence electrons. The van der Waals surface area contributed by atoms with E-state index in [1.807, 2.05) is 13.8 Å². The highest BCUT2D eigenvalue weighted by atomic mass is 32.1. The Bertz CT molecular complexity index is 667. The zero-order valence-corrected chi connectivity index (χ0v) is 12.8. The van der Waals surface area contributed by atoms with Crippen LogP contribution in [0.5, 0.6) is 0 Å². The van der Waals surface area contributed by atoms with E-state index in [-0.39, 0.29) is 18.0 Å². The standard InChI is InChI=1S/C14H14F3N3OS/c1-8(2)12-13(18-7-22-12)20-11(21)6-9-4-3-5-10(19-9)14(15,16)17/h3-5,7-8H,6H2,1-2H3,(H,20,21). The van der Waals surface area contributed by atoms with Crippen LogP contribution in [0.2, 0.25) is 0 Å². The van der Waals surface area contributed by atoms with Gasteiger partial charge >= 0.3 is 6.18 Å². The summed E-state index contributed by atoms with van der Waals surface area (Å²) in [7, 11) is 0. The number of alkyl halides is 3. The van der Waals surface area contributed by atoms with E-state index in [0.29, 0.717) is 5.82 Å². The first-order valence-corrected chi connectivity index (χ1v) is 7.41. The molecule has 0 aliphatic carbocycles. The van der Waals surface area contributed by atoms with Gasteiger partial charge in [0.1, 0.15) is 11.5 Å². The summed E-state index contributed by atoms with van der Waals surface area (Å²) in [6.45, 7) is 3.94. The van der Waals surface area contributed by atoms with E-state index >= 15 is 0 Å². The van der Waals surface area contributed by atoms with E-state index in [0.717, 1.165) is 10.9 Å². The lowest BCUT2D eigenvalue weighted by Crippen LogP contribution is -2.17. The summed E-state index contributed by atoms with van der Waals surface area (Å²) in [5, 5.41) is 2.62. The van der Waals surface area contributed by atoms with Gasteiger partial charge in [-0.1, -0.05) is 19.9 Å². The van der Waals surface area contributed by atoms with Crippen molar-refractivity contribution in [2.75, 3.05) is 5.32 Å². The van der Waals surface area contributed by atoms with Crippen molar-refractivity contribution in [3.8, 4) is 0 Å². The number of amides is 1. The average Bonchev–Trinajstić information content (AvgIpc) is 2.86. The lowest BCUT2D eigenvalue weighted by atomic mass is 10.2. The molecule has 2 aromatic rings. The summed E-state index contributed by atoms with van der Waals surface area (Å²) < 4.78 is 37.7. The topological polar surface area (TPSA) is 54.9 Å². The zero-order chi connectivity index (χ0) is 16.3. The van der Waals surface area contributed by atoms with Gasteiger partial charge in [0.2, 0.25) is 5.91 Å².